The number of aromatic hydroxyl groups is 1. The first-order valence-electron chi connectivity index (χ1n) is 11.1. The largest absolute Gasteiger partial charge is 0.503 e. The highest BCUT2D eigenvalue weighted by Gasteiger charge is 2.29. The Kier molecular flexibility index (Phi) is 8.87. The maximum absolute atomic E-state index is 13.6. The van der Waals surface area contributed by atoms with E-state index < -0.39 is 23.8 Å². The van der Waals surface area contributed by atoms with Gasteiger partial charge in [0.15, 0.2) is 23.0 Å². The highest BCUT2D eigenvalue weighted by molar-refractivity contribution is 7.99. The molecule has 0 bridgehead atoms. The molecule has 1 aromatic heterocycles. The van der Waals surface area contributed by atoms with Gasteiger partial charge >= 0.3 is 5.97 Å². The van der Waals surface area contributed by atoms with Crippen molar-refractivity contribution >= 4 is 23.5 Å². The van der Waals surface area contributed by atoms with Crippen molar-refractivity contribution in [2.75, 3.05) is 7.11 Å². The zero-order valence-electron chi connectivity index (χ0n) is 20.0. The topological polar surface area (TPSA) is 85.7 Å². The number of thioether (sulfide) groups is 1. The average molecular weight is 498 g/mol. The Morgan fingerprint density at radius 2 is 1.83 bits per heavy atom. The number of hydrogen-bond acceptors (Lipinski definition) is 7. The zero-order valence-corrected chi connectivity index (χ0v) is 20.8. The highest BCUT2D eigenvalue weighted by Crippen LogP contribution is 2.40. The molecule has 0 aliphatic carbocycles. The van der Waals surface area contributed by atoms with E-state index in [0.29, 0.717) is 0 Å². The van der Waals surface area contributed by atoms with Crippen molar-refractivity contribution in [2.24, 2.45) is 5.92 Å². The second-order valence-electron chi connectivity index (χ2n) is 8.24. The Morgan fingerprint density at radius 1 is 1.11 bits per heavy atom. The van der Waals surface area contributed by atoms with Gasteiger partial charge in [-0.3, -0.25) is 9.59 Å². The summed E-state index contributed by atoms with van der Waals surface area (Å²) in [4.78, 5) is 30.4. The van der Waals surface area contributed by atoms with E-state index in [-0.39, 0.29) is 34.7 Å². The van der Waals surface area contributed by atoms with E-state index in [0.717, 1.165) is 16.0 Å². The first-order valence-corrected chi connectivity index (χ1v) is 12.0. The van der Waals surface area contributed by atoms with Gasteiger partial charge in [-0.25, -0.2) is 9.37 Å². The van der Waals surface area contributed by atoms with Crippen molar-refractivity contribution in [1.29, 1.82) is 0 Å². The summed E-state index contributed by atoms with van der Waals surface area (Å²) in [7, 11) is 1.37. The van der Waals surface area contributed by atoms with Crippen molar-refractivity contribution in [2.45, 2.75) is 43.4 Å². The Hall–Kier alpha value is -3.39. The normalized spacial score (nSPS) is 13.5. The van der Waals surface area contributed by atoms with Gasteiger partial charge in [-0.15, -0.1) is 11.8 Å². The number of carbonyl (C=O) groups excluding carboxylic acids is 2. The molecule has 3 rings (SSSR count). The molecule has 0 spiro atoms. The van der Waals surface area contributed by atoms with E-state index in [1.807, 2.05) is 37.3 Å². The van der Waals surface area contributed by atoms with E-state index >= 15 is 0 Å². The number of Topliss-reactive ketones (excluding diaryl/α,β-unsaturated/α-hetero) is 1. The van der Waals surface area contributed by atoms with E-state index in [2.05, 4.69) is 4.98 Å². The maximum atomic E-state index is 13.6. The molecule has 0 amide bonds. The lowest BCUT2D eigenvalue weighted by atomic mass is 10.0. The molecule has 0 saturated carbocycles. The van der Waals surface area contributed by atoms with Crippen molar-refractivity contribution in [3.8, 4) is 11.5 Å². The molecule has 0 aliphatic rings. The number of aryl methyl sites for hydroxylation is 1. The molecule has 35 heavy (non-hydrogen) atoms. The highest BCUT2D eigenvalue weighted by atomic mass is 32.2. The molecule has 0 unspecified atom stereocenters. The first-order chi connectivity index (χ1) is 16.7. The molecular formula is C27H28FNO5S. The number of hydrogen-bond donors (Lipinski definition) is 1. The van der Waals surface area contributed by atoms with Crippen LogP contribution in [0.5, 0.6) is 11.5 Å². The zero-order chi connectivity index (χ0) is 25.5. The molecule has 0 fully saturated rings. The summed E-state index contributed by atoms with van der Waals surface area (Å²) < 4.78 is 24.4. The Morgan fingerprint density at radius 3 is 2.49 bits per heavy atom. The van der Waals surface area contributed by atoms with Crippen LogP contribution in [0.1, 0.15) is 47.1 Å². The van der Waals surface area contributed by atoms with Crippen LogP contribution in [0.25, 0.3) is 0 Å². The van der Waals surface area contributed by atoms with Crippen LogP contribution >= 0.6 is 11.8 Å². The lowest BCUT2D eigenvalue weighted by Gasteiger charge is -2.26. The van der Waals surface area contributed by atoms with Gasteiger partial charge in [0.25, 0.3) is 0 Å². The van der Waals surface area contributed by atoms with Gasteiger partial charge in [-0.1, -0.05) is 37.3 Å². The van der Waals surface area contributed by atoms with Crippen LogP contribution in [0.2, 0.25) is 0 Å². The number of rotatable bonds is 10. The van der Waals surface area contributed by atoms with Crippen LogP contribution in [0.3, 0.4) is 0 Å². The third-order valence-electron chi connectivity index (χ3n) is 5.51. The quantitative estimate of drug-likeness (QED) is 0.211. The minimum absolute atomic E-state index is 0.131. The van der Waals surface area contributed by atoms with Crippen molar-refractivity contribution in [1.82, 2.24) is 4.98 Å². The summed E-state index contributed by atoms with van der Waals surface area (Å²) in [6.45, 7) is 5.23. The predicted octanol–water partition coefficient (Wildman–Crippen LogP) is 5.92. The minimum Gasteiger partial charge on any atom is -0.503 e. The van der Waals surface area contributed by atoms with E-state index in [4.69, 9.17) is 9.47 Å². The van der Waals surface area contributed by atoms with Gasteiger partial charge in [0.2, 0.25) is 0 Å². The second kappa shape index (κ2) is 11.8. The number of esters is 1. The number of halogens is 1. The molecule has 0 saturated heterocycles. The molecule has 3 atom stereocenters. The molecule has 6 nitrogen and oxygen atoms in total. The molecular weight excluding hydrogens is 469 g/mol. The number of methoxy groups -OCH3 is 1. The fourth-order valence-corrected chi connectivity index (χ4v) is 4.79. The molecule has 3 aromatic rings. The molecule has 1 N–H and O–H groups in total. The fourth-order valence-electron chi connectivity index (χ4n) is 3.58. The van der Waals surface area contributed by atoms with Gasteiger partial charge in [-0.2, -0.15) is 0 Å². The Balaban J connectivity index is 1.73. The molecule has 184 valence electrons. The summed E-state index contributed by atoms with van der Waals surface area (Å²) in [6.07, 6.45) is 0.635. The maximum Gasteiger partial charge on any atom is 0.309 e. The Bertz CT molecular complexity index is 1190. The lowest BCUT2D eigenvalue weighted by molar-refractivity contribution is -0.152. The van der Waals surface area contributed by atoms with Crippen molar-refractivity contribution in [3.63, 3.8) is 0 Å². The third kappa shape index (κ3) is 6.60. The number of nitrogens with zero attached hydrogens (tertiary/aromatic N) is 1. The number of ketones is 1. The van der Waals surface area contributed by atoms with Crippen LogP contribution < -0.4 is 4.74 Å². The number of carbonyl (C=O) groups is 2. The smallest absolute Gasteiger partial charge is 0.309 e. The van der Waals surface area contributed by atoms with Gasteiger partial charge in [0, 0.05) is 23.6 Å². The van der Waals surface area contributed by atoms with Crippen LogP contribution in [0.15, 0.2) is 65.7 Å². The van der Waals surface area contributed by atoms with Gasteiger partial charge in [0.05, 0.1) is 18.3 Å². The summed E-state index contributed by atoms with van der Waals surface area (Å²) >= 11 is 1.49. The number of aromatic nitrogens is 1. The Labute approximate surface area is 208 Å². The molecule has 0 aliphatic heterocycles. The van der Waals surface area contributed by atoms with Gasteiger partial charge in [-0.05, 0) is 43.2 Å². The van der Waals surface area contributed by atoms with Crippen LogP contribution in [-0.2, 0) is 9.53 Å². The number of pyridine rings is 1. The first kappa shape index (κ1) is 26.2. The summed E-state index contributed by atoms with van der Waals surface area (Å²) in [5, 5.41) is 9.93. The van der Waals surface area contributed by atoms with E-state index in [1.54, 1.807) is 19.9 Å². The van der Waals surface area contributed by atoms with Crippen LogP contribution in [0.4, 0.5) is 4.39 Å². The van der Waals surface area contributed by atoms with Crippen molar-refractivity contribution < 1.29 is 28.6 Å². The average Bonchev–Trinajstić information content (AvgIpc) is 2.84. The molecule has 8 heteroatoms. The van der Waals surface area contributed by atoms with Crippen LogP contribution in [-0.4, -0.2) is 35.1 Å². The monoisotopic (exact) mass is 497 g/mol. The predicted molar refractivity (Wildman–Crippen MR) is 132 cm³/mol. The standard InChI is InChI=1S/C27H28FNO5S/c1-16-14-20(28)10-11-23(16)35-26(19-8-6-5-7-9-19)18(3)34-27(32)17(2)15-21(30)24-25(31)22(33-4)12-13-29-24/h5-14,17-18,26,31H,15H2,1-4H3/t17-,18+,26+/m1/s1. The SMILES string of the molecule is COc1ccnc(C(=O)C[C@@H](C)C(=O)O[C@@H](C)[C@H](Sc2ccc(F)cc2C)c2ccccc2)c1O. The fraction of sp³-hybridized carbons (Fsp3) is 0.296. The molecule has 2 aromatic carbocycles. The van der Waals surface area contributed by atoms with Crippen LogP contribution in [0, 0.1) is 18.7 Å². The molecule has 0 radical (unpaired) electrons. The van der Waals surface area contributed by atoms with Gasteiger partial charge < -0.3 is 14.6 Å². The number of ether oxygens (including phenoxy) is 2. The molecule has 1 heterocycles. The third-order valence-corrected chi connectivity index (χ3v) is 7.13. The van der Waals surface area contributed by atoms with Gasteiger partial charge in [0.1, 0.15) is 11.9 Å². The summed E-state index contributed by atoms with van der Waals surface area (Å²) in [5.74, 6) is -2.32. The summed E-state index contributed by atoms with van der Waals surface area (Å²) in [5.41, 5.74) is 1.59. The number of benzene rings is 2. The second-order valence-corrected chi connectivity index (χ2v) is 9.42. The van der Waals surface area contributed by atoms with E-state index in [9.17, 15) is 19.1 Å². The van der Waals surface area contributed by atoms with Crippen molar-refractivity contribution in [3.05, 3.63) is 83.4 Å². The lowest BCUT2D eigenvalue weighted by Crippen LogP contribution is -2.26. The summed E-state index contributed by atoms with van der Waals surface area (Å²) in [6, 6.07) is 15.6. The minimum atomic E-state index is -0.758. The van der Waals surface area contributed by atoms with E-state index in [1.165, 1.54) is 43.3 Å².